The van der Waals surface area contributed by atoms with Gasteiger partial charge in [-0.2, -0.15) is 0 Å². The van der Waals surface area contributed by atoms with Crippen molar-refractivity contribution >= 4 is 25.1 Å². The molecule has 0 radical (unpaired) electrons. The molecule has 0 saturated heterocycles. The van der Waals surface area contributed by atoms with E-state index in [2.05, 4.69) is 22.7 Å². The predicted octanol–water partition coefficient (Wildman–Crippen LogP) is -0.156. The second-order valence-corrected chi connectivity index (χ2v) is 3.41. The minimum Gasteiger partial charge on any atom is -0.445 e. The molecule has 0 aromatic heterocycles. The molecule has 0 heterocycles. The fraction of sp³-hybridized carbons (Fsp3) is 0.143. The Bertz CT molecular complexity index is 420. The first-order valence-corrected chi connectivity index (χ1v) is 4.42. The van der Waals surface area contributed by atoms with Crippen molar-refractivity contribution in [2.24, 2.45) is 5.11 Å². The zero-order valence-corrected chi connectivity index (χ0v) is 12.5. The van der Waals surface area contributed by atoms with E-state index in [1.165, 1.54) is 6.07 Å². The Labute approximate surface area is 138 Å². The molecule has 0 aliphatic carbocycles. The average molecular weight is 271 g/mol. The van der Waals surface area contributed by atoms with Crippen molar-refractivity contribution in [2.75, 3.05) is 0 Å². The molecule has 0 aliphatic rings. The van der Waals surface area contributed by atoms with Crippen molar-refractivity contribution in [1.29, 1.82) is 0 Å². The first-order valence-electron chi connectivity index (χ1n) is 3.97. The summed E-state index contributed by atoms with van der Waals surface area (Å²) < 4.78 is 37.2. The zero-order chi connectivity index (χ0) is 11.5. The number of azide groups is 1. The Hall–Kier alpha value is 0.371. The van der Waals surface area contributed by atoms with Crippen LogP contribution >= 0.6 is 12.6 Å². The van der Waals surface area contributed by atoms with Crippen molar-refractivity contribution in [3.05, 3.63) is 34.2 Å². The normalized spacial score (nSPS) is 10.2. The molecule has 0 unspecified atom stereocenters. The summed E-state index contributed by atoms with van der Waals surface area (Å²) in [4.78, 5) is 2.68. The third kappa shape index (κ3) is 5.13. The summed E-state index contributed by atoms with van der Waals surface area (Å²) >= 11 is 3.85. The first-order chi connectivity index (χ1) is 6.93. The van der Waals surface area contributed by atoms with Crippen molar-refractivity contribution in [2.45, 2.75) is 11.4 Å². The molecule has 0 atom stereocenters. The molecule has 0 fully saturated rings. The van der Waals surface area contributed by atoms with Crippen LogP contribution in [0, 0.1) is 0 Å². The standard InChI is InChI=1S/C7H6BF3N3S.K/c9-8(10,11)6-1-5(4-13-14-12)2-7(15)3-6;/h1-3,15H,4H2;/q-1;+1. The van der Waals surface area contributed by atoms with Gasteiger partial charge < -0.3 is 12.9 Å². The van der Waals surface area contributed by atoms with Crippen LogP contribution in [0.15, 0.2) is 28.2 Å². The molecular weight excluding hydrogens is 265 g/mol. The maximum absolute atomic E-state index is 12.4. The molecule has 0 bridgehead atoms. The number of nitrogens with zero attached hydrogens (tertiary/aromatic N) is 3. The van der Waals surface area contributed by atoms with Gasteiger partial charge in [-0.15, -0.1) is 18.1 Å². The minimum atomic E-state index is -5.05. The van der Waals surface area contributed by atoms with Gasteiger partial charge in [-0.3, -0.25) is 0 Å². The second-order valence-electron chi connectivity index (χ2n) is 2.90. The summed E-state index contributed by atoms with van der Waals surface area (Å²) in [6.07, 6.45) is 0. The SMILES string of the molecule is [K+].[N-]=[N+]=NCc1cc(S)cc([B-](F)(F)F)c1. The Kier molecular flexibility index (Phi) is 7.11. The van der Waals surface area contributed by atoms with Crippen LogP contribution < -0.4 is 56.8 Å². The van der Waals surface area contributed by atoms with Crippen LogP contribution in [0.25, 0.3) is 10.4 Å². The third-order valence-corrected chi connectivity index (χ3v) is 1.95. The molecule has 80 valence electrons. The van der Waals surface area contributed by atoms with Crippen LogP contribution in [0.5, 0.6) is 0 Å². The second kappa shape index (κ2) is 6.95. The molecule has 16 heavy (non-hydrogen) atoms. The maximum atomic E-state index is 12.4. The molecule has 1 rings (SSSR count). The summed E-state index contributed by atoms with van der Waals surface area (Å²) in [5, 5.41) is 3.19. The fourth-order valence-electron chi connectivity index (χ4n) is 1.09. The van der Waals surface area contributed by atoms with E-state index in [-0.39, 0.29) is 62.8 Å². The molecule has 0 amide bonds. The summed E-state index contributed by atoms with van der Waals surface area (Å²) in [7, 11) is 0. The largest absolute Gasteiger partial charge is 1.00 e. The average Bonchev–Trinajstić information content (AvgIpc) is 2.12. The van der Waals surface area contributed by atoms with E-state index in [1.54, 1.807) is 0 Å². The molecular formula is C7H6BF3KN3S. The summed E-state index contributed by atoms with van der Waals surface area (Å²) in [6.45, 7) is -5.15. The fourth-order valence-corrected chi connectivity index (χ4v) is 1.41. The first kappa shape index (κ1) is 16.4. The van der Waals surface area contributed by atoms with Gasteiger partial charge in [0.05, 0.1) is 6.54 Å². The van der Waals surface area contributed by atoms with Crippen LogP contribution in [0.4, 0.5) is 12.9 Å². The van der Waals surface area contributed by atoms with E-state index in [9.17, 15) is 12.9 Å². The van der Waals surface area contributed by atoms with Gasteiger partial charge in [0.15, 0.2) is 0 Å². The molecule has 0 N–H and O–H groups in total. The van der Waals surface area contributed by atoms with E-state index < -0.39 is 12.4 Å². The topological polar surface area (TPSA) is 48.8 Å². The van der Waals surface area contributed by atoms with Crippen molar-refractivity contribution in [1.82, 2.24) is 0 Å². The zero-order valence-electron chi connectivity index (χ0n) is 8.44. The van der Waals surface area contributed by atoms with Crippen LogP contribution in [0.3, 0.4) is 0 Å². The Morgan fingerprint density at radius 1 is 1.31 bits per heavy atom. The van der Waals surface area contributed by atoms with Gasteiger partial charge in [0.25, 0.3) is 0 Å². The van der Waals surface area contributed by atoms with Crippen molar-refractivity contribution in [3.63, 3.8) is 0 Å². The Morgan fingerprint density at radius 2 is 1.94 bits per heavy atom. The van der Waals surface area contributed by atoms with Gasteiger partial charge in [0.1, 0.15) is 0 Å². The Morgan fingerprint density at radius 3 is 2.44 bits per heavy atom. The smallest absolute Gasteiger partial charge is 0.445 e. The van der Waals surface area contributed by atoms with Crippen LogP contribution in [0.1, 0.15) is 5.56 Å². The molecule has 9 heteroatoms. The predicted molar refractivity (Wildman–Crippen MR) is 55.3 cm³/mol. The van der Waals surface area contributed by atoms with E-state index in [1.807, 2.05) is 0 Å². The molecule has 1 aromatic rings. The van der Waals surface area contributed by atoms with Crippen molar-refractivity contribution in [3.8, 4) is 0 Å². The van der Waals surface area contributed by atoms with Crippen LogP contribution in [-0.2, 0) is 6.54 Å². The quantitative estimate of drug-likeness (QED) is 0.261. The number of hydrogen-bond acceptors (Lipinski definition) is 2. The minimum absolute atomic E-state index is 0. The third-order valence-electron chi connectivity index (χ3n) is 1.69. The number of halogens is 3. The summed E-state index contributed by atoms with van der Waals surface area (Å²) in [5.41, 5.74) is 7.62. The van der Waals surface area contributed by atoms with Crippen LogP contribution in [0.2, 0.25) is 0 Å². The van der Waals surface area contributed by atoms with Gasteiger partial charge in [-0.05, 0) is 17.2 Å². The number of rotatable bonds is 3. The molecule has 1 aromatic carbocycles. The molecule has 0 saturated carbocycles. The molecule has 3 nitrogen and oxygen atoms in total. The number of benzene rings is 1. The van der Waals surface area contributed by atoms with Gasteiger partial charge in [-0.25, -0.2) is 0 Å². The number of thiol groups is 1. The van der Waals surface area contributed by atoms with Gasteiger partial charge in [0, 0.05) is 9.81 Å². The van der Waals surface area contributed by atoms with E-state index in [4.69, 9.17) is 5.53 Å². The number of hydrogen-bond donors (Lipinski definition) is 1. The van der Waals surface area contributed by atoms with E-state index in [0.717, 1.165) is 12.1 Å². The van der Waals surface area contributed by atoms with E-state index >= 15 is 0 Å². The summed E-state index contributed by atoms with van der Waals surface area (Å²) in [5.74, 6) is 0. The van der Waals surface area contributed by atoms with Crippen molar-refractivity contribution < 1.29 is 64.3 Å². The summed E-state index contributed by atoms with van der Waals surface area (Å²) in [6, 6.07) is 3.35. The van der Waals surface area contributed by atoms with Gasteiger partial charge in [0.2, 0.25) is 0 Å². The van der Waals surface area contributed by atoms with Gasteiger partial charge in [-0.1, -0.05) is 17.2 Å². The van der Waals surface area contributed by atoms with Crippen LogP contribution in [-0.4, -0.2) is 6.98 Å². The van der Waals surface area contributed by atoms with E-state index in [0.29, 0.717) is 5.56 Å². The molecule has 0 spiro atoms. The maximum Gasteiger partial charge on any atom is 1.00 e. The molecule has 0 aliphatic heterocycles. The Balaban J connectivity index is 0.00000225. The monoisotopic (exact) mass is 271 g/mol. The van der Waals surface area contributed by atoms with Gasteiger partial charge >= 0.3 is 58.4 Å².